The van der Waals surface area contributed by atoms with Crippen LogP contribution in [0.5, 0.6) is 0 Å². The number of piperidine rings is 1. The van der Waals surface area contributed by atoms with E-state index in [0.717, 1.165) is 37.1 Å². The van der Waals surface area contributed by atoms with Gasteiger partial charge in [-0.3, -0.25) is 19.3 Å². The number of carbonyl (C=O) groups excluding carboxylic acids is 3. The third kappa shape index (κ3) is 3.60. The molecule has 3 rings (SSSR count). The van der Waals surface area contributed by atoms with E-state index in [-0.39, 0.29) is 30.2 Å². The zero-order chi connectivity index (χ0) is 18.8. The molecule has 26 heavy (non-hydrogen) atoms. The lowest BCUT2D eigenvalue weighted by Crippen LogP contribution is -2.48. The Kier molecular flexibility index (Phi) is 5.31. The highest BCUT2D eigenvalue weighted by atomic mass is 16.2. The van der Waals surface area contributed by atoms with Crippen molar-refractivity contribution in [1.82, 2.24) is 19.7 Å². The number of primary amides is 1. The first-order chi connectivity index (χ1) is 12.4. The Balaban J connectivity index is 1.70. The Hall–Kier alpha value is -2.35. The van der Waals surface area contributed by atoms with Gasteiger partial charge in [-0.1, -0.05) is 0 Å². The minimum atomic E-state index is -0.355. The first kappa shape index (κ1) is 18.4. The predicted octanol–water partition coefficient (Wildman–Crippen LogP) is -0.533. The van der Waals surface area contributed by atoms with Gasteiger partial charge >= 0.3 is 0 Å². The molecule has 1 atom stereocenters. The fourth-order valence-corrected chi connectivity index (χ4v) is 4.06. The van der Waals surface area contributed by atoms with Gasteiger partial charge in [-0.2, -0.15) is 0 Å². The minimum absolute atomic E-state index is 0.0941. The molecule has 0 spiro atoms. The summed E-state index contributed by atoms with van der Waals surface area (Å²) in [5.41, 5.74) is 8.06. The van der Waals surface area contributed by atoms with Gasteiger partial charge in [0.05, 0.1) is 19.0 Å². The van der Waals surface area contributed by atoms with Crippen molar-refractivity contribution in [1.29, 1.82) is 0 Å². The summed E-state index contributed by atoms with van der Waals surface area (Å²) in [6.45, 7) is 2.79. The normalized spacial score (nSPS) is 20.5. The van der Waals surface area contributed by atoms with E-state index < -0.39 is 0 Å². The van der Waals surface area contributed by atoms with Gasteiger partial charge in [-0.15, -0.1) is 0 Å². The van der Waals surface area contributed by atoms with E-state index in [1.54, 1.807) is 7.05 Å². The molecule has 8 heteroatoms. The lowest BCUT2D eigenvalue weighted by molar-refractivity contribution is -0.139. The summed E-state index contributed by atoms with van der Waals surface area (Å²) in [6.07, 6.45) is 2.49. The first-order valence-corrected chi connectivity index (χ1v) is 9.09. The van der Waals surface area contributed by atoms with Gasteiger partial charge in [0.1, 0.15) is 5.69 Å². The van der Waals surface area contributed by atoms with Crippen molar-refractivity contribution in [3.8, 4) is 0 Å². The molecule has 0 aromatic carbocycles. The average Bonchev–Trinajstić information content (AvgIpc) is 2.96. The zero-order valence-corrected chi connectivity index (χ0v) is 15.5. The summed E-state index contributed by atoms with van der Waals surface area (Å²) in [6, 6.07) is 1.92. The highest BCUT2D eigenvalue weighted by Gasteiger charge is 2.32. The van der Waals surface area contributed by atoms with Crippen LogP contribution in [0.2, 0.25) is 0 Å². The van der Waals surface area contributed by atoms with Gasteiger partial charge in [0, 0.05) is 32.9 Å². The Labute approximate surface area is 153 Å². The average molecular weight is 361 g/mol. The molecule has 1 aromatic heterocycles. The molecule has 3 heterocycles. The van der Waals surface area contributed by atoms with Crippen LogP contribution in [0.25, 0.3) is 0 Å². The quantitative estimate of drug-likeness (QED) is 0.753. The molecule has 3 N–H and O–H groups in total. The molecule has 0 bridgehead atoms. The number of rotatable bonds is 4. The van der Waals surface area contributed by atoms with E-state index in [1.165, 1.54) is 0 Å². The number of fused-ring (bicyclic) bond motifs is 1. The fourth-order valence-electron chi connectivity index (χ4n) is 4.06. The van der Waals surface area contributed by atoms with Crippen LogP contribution in [-0.4, -0.2) is 65.3 Å². The minimum Gasteiger partial charge on any atom is -0.369 e. The topological polar surface area (TPSA) is 101 Å². The maximum Gasteiger partial charge on any atom is 0.267 e. The van der Waals surface area contributed by atoms with Crippen LogP contribution < -0.4 is 11.1 Å². The molecule has 0 saturated carbocycles. The number of likely N-dealkylation sites (tertiary alicyclic amines) is 1. The van der Waals surface area contributed by atoms with E-state index in [2.05, 4.69) is 5.32 Å². The number of carbonyl (C=O) groups is 3. The van der Waals surface area contributed by atoms with Crippen LogP contribution in [0.15, 0.2) is 6.07 Å². The second kappa shape index (κ2) is 7.49. The van der Waals surface area contributed by atoms with Gasteiger partial charge in [0.25, 0.3) is 5.91 Å². The van der Waals surface area contributed by atoms with E-state index in [0.29, 0.717) is 25.3 Å². The Morgan fingerprint density at radius 1 is 1.31 bits per heavy atom. The van der Waals surface area contributed by atoms with Crippen LogP contribution in [0.4, 0.5) is 0 Å². The second-order valence-corrected chi connectivity index (χ2v) is 7.19. The number of hydrogen-bond donors (Lipinski definition) is 2. The summed E-state index contributed by atoms with van der Waals surface area (Å²) in [7, 11) is 3.48. The molecule has 0 unspecified atom stereocenters. The van der Waals surface area contributed by atoms with Gasteiger partial charge < -0.3 is 20.5 Å². The van der Waals surface area contributed by atoms with Crippen molar-refractivity contribution in [2.45, 2.75) is 25.8 Å². The number of aromatic nitrogens is 1. The summed E-state index contributed by atoms with van der Waals surface area (Å²) in [4.78, 5) is 40.0. The van der Waals surface area contributed by atoms with E-state index in [1.807, 2.05) is 27.5 Å². The Bertz CT molecular complexity index is 727. The van der Waals surface area contributed by atoms with Crippen molar-refractivity contribution in [3.63, 3.8) is 0 Å². The molecule has 1 fully saturated rings. The molecular weight excluding hydrogens is 334 g/mol. The van der Waals surface area contributed by atoms with Crippen molar-refractivity contribution in [3.05, 3.63) is 23.0 Å². The Morgan fingerprint density at radius 3 is 2.77 bits per heavy atom. The second-order valence-electron chi connectivity index (χ2n) is 7.19. The number of amides is 3. The lowest BCUT2D eigenvalue weighted by atomic mass is 9.95. The molecule has 3 amide bonds. The van der Waals surface area contributed by atoms with E-state index >= 15 is 0 Å². The SMILES string of the molecule is CNC(=O)c1cc2c(n1C)CN(C(=O)[C@H]1CCCN(CC(N)=O)C1)CC2. The van der Waals surface area contributed by atoms with Crippen molar-refractivity contribution in [2.24, 2.45) is 18.7 Å². The highest BCUT2D eigenvalue weighted by Crippen LogP contribution is 2.26. The smallest absolute Gasteiger partial charge is 0.267 e. The van der Waals surface area contributed by atoms with Gasteiger partial charge in [-0.25, -0.2) is 0 Å². The van der Waals surface area contributed by atoms with E-state index in [4.69, 9.17) is 5.73 Å². The highest BCUT2D eigenvalue weighted by molar-refractivity contribution is 5.93. The maximum absolute atomic E-state index is 13.0. The summed E-state index contributed by atoms with van der Waals surface area (Å²) in [5.74, 6) is -0.434. The first-order valence-electron chi connectivity index (χ1n) is 9.09. The fraction of sp³-hybridized carbons (Fsp3) is 0.611. The summed E-state index contributed by atoms with van der Waals surface area (Å²) in [5, 5.41) is 2.65. The maximum atomic E-state index is 13.0. The Morgan fingerprint density at radius 2 is 2.08 bits per heavy atom. The molecule has 8 nitrogen and oxygen atoms in total. The third-order valence-corrected chi connectivity index (χ3v) is 5.45. The number of nitrogens with one attached hydrogen (secondary N) is 1. The third-order valence-electron chi connectivity index (χ3n) is 5.45. The largest absolute Gasteiger partial charge is 0.369 e. The lowest BCUT2D eigenvalue weighted by Gasteiger charge is -2.36. The summed E-state index contributed by atoms with van der Waals surface area (Å²) >= 11 is 0. The summed E-state index contributed by atoms with van der Waals surface area (Å²) < 4.78 is 1.88. The molecule has 2 aliphatic rings. The molecule has 1 saturated heterocycles. The van der Waals surface area contributed by atoms with Crippen molar-refractivity contribution < 1.29 is 14.4 Å². The zero-order valence-electron chi connectivity index (χ0n) is 15.5. The van der Waals surface area contributed by atoms with E-state index in [9.17, 15) is 14.4 Å². The number of hydrogen-bond acceptors (Lipinski definition) is 4. The van der Waals surface area contributed by atoms with Gasteiger partial charge in [-0.05, 0) is 37.4 Å². The van der Waals surface area contributed by atoms with Crippen molar-refractivity contribution in [2.75, 3.05) is 33.2 Å². The van der Waals surface area contributed by atoms with Gasteiger partial charge in [0.2, 0.25) is 11.8 Å². The molecule has 0 aliphatic carbocycles. The van der Waals surface area contributed by atoms with Gasteiger partial charge in [0.15, 0.2) is 0 Å². The predicted molar refractivity (Wildman–Crippen MR) is 96.3 cm³/mol. The van der Waals surface area contributed by atoms with Crippen LogP contribution >= 0.6 is 0 Å². The van der Waals surface area contributed by atoms with Crippen LogP contribution in [-0.2, 0) is 29.6 Å². The molecular formula is C18H27N5O3. The van der Waals surface area contributed by atoms with Crippen LogP contribution in [0.1, 0.15) is 34.6 Å². The molecule has 2 aliphatic heterocycles. The molecule has 1 aromatic rings. The standard InChI is InChI=1S/C18H27N5O3/c1-20-17(25)14-8-12-5-7-23(10-15(12)21(14)2)18(26)13-4-3-6-22(9-13)11-16(19)24/h8,13H,3-7,9-11H2,1-2H3,(H2,19,24)(H,20,25)/t13-/m0/s1. The molecule has 0 radical (unpaired) electrons. The number of nitrogens with zero attached hydrogens (tertiary/aromatic N) is 3. The van der Waals surface area contributed by atoms with Crippen molar-refractivity contribution >= 4 is 17.7 Å². The number of nitrogens with two attached hydrogens (primary N) is 1. The van der Waals surface area contributed by atoms with Crippen LogP contribution in [0, 0.1) is 5.92 Å². The molecule has 142 valence electrons. The van der Waals surface area contributed by atoms with Crippen LogP contribution in [0.3, 0.4) is 0 Å². The monoisotopic (exact) mass is 361 g/mol.